The molecular formula is C20H15ClN2O2. The summed E-state index contributed by atoms with van der Waals surface area (Å²) in [7, 11) is 3.88. The van der Waals surface area contributed by atoms with Gasteiger partial charge in [0, 0.05) is 46.7 Å². The first-order valence-electron chi connectivity index (χ1n) is 7.86. The van der Waals surface area contributed by atoms with E-state index in [-0.39, 0.29) is 11.8 Å². The number of imide groups is 1. The predicted octanol–water partition coefficient (Wildman–Crippen LogP) is 4.36. The molecule has 0 bridgehead atoms. The summed E-state index contributed by atoms with van der Waals surface area (Å²) in [6.45, 7) is 0. The fourth-order valence-corrected chi connectivity index (χ4v) is 3.42. The van der Waals surface area contributed by atoms with Gasteiger partial charge in [-0.25, -0.2) is 4.90 Å². The molecule has 124 valence electrons. The van der Waals surface area contributed by atoms with Crippen LogP contribution in [0.15, 0.2) is 54.6 Å². The van der Waals surface area contributed by atoms with Crippen molar-refractivity contribution in [1.82, 2.24) is 0 Å². The fourth-order valence-electron chi connectivity index (χ4n) is 3.30. The van der Waals surface area contributed by atoms with Gasteiger partial charge in [0.1, 0.15) is 0 Å². The van der Waals surface area contributed by atoms with Crippen molar-refractivity contribution in [1.29, 1.82) is 0 Å². The van der Waals surface area contributed by atoms with Crippen LogP contribution in [0.5, 0.6) is 0 Å². The number of carbonyl (C=O) groups excluding carboxylic acids is 2. The molecule has 1 heterocycles. The Bertz CT molecular complexity index is 1000. The third-order valence-corrected chi connectivity index (χ3v) is 4.70. The number of rotatable bonds is 2. The van der Waals surface area contributed by atoms with E-state index in [9.17, 15) is 9.59 Å². The quantitative estimate of drug-likeness (QED) is 0.645. The van der Waals surface area contributed by atoms with Crippen LogP contribution in [-0.4, -0.2) is 25.9 Å². The van der Waals surface area contributed by atoms with Gasteiger partial charge in [0.2, 0.25) is 0 Å². The van der Waals surface area contributed by atoms with Crippen LogP contribution in [0.1, 0.15) is 20.7 Å². The van der Waals surface area contributed by atoms with E-state index in [1.54, 1.807) is 36.4 Å². The van der Waals surface area contributed by atoms with Gasteiger partial charge in [-0.1, -0.05) is 23.7 Å². The lowest BCUT2D eigenvalue weighted by atomic mass is 9.92. The van der Waals surface area contributed by atoms with E-state index in [4.69, 9.17) is 11.6 Å². The average molecular weight is 351 g/mol. The maximum atomic E-state index is 13.0. The van der Waals surface area contributed by atoms with E-state index in [2.05, 4.69) is 0 Å². The number of anilines is 2. The highest BCUT2D eigenvalue weighted by molar-refractivity contribution is 6.36. The maximum Gasteiger partial charge on any atom is 0.265 e. The van der Waals surface area contributed by atoms with Crippen LogP contribution in [-0.2, 0) is 0 Å². The molecule has 2 amide bonds. The summed E-state index contributed by atoms with van der Waals surface area (Å²) in [5.41, 5.74) is 2.55. The minimum absolute atomic E-state index is 0.318. The predicted molar refractivity (Wildman–Crippen MR) is 101 cm³/mol. The number of nitrogens with zero attached hydrogens (tertiary/aromatic N) is 2. The van der Waals surface area contributed by atoms with Gasteiger partial charge in [-0.15, -0.1) is 0 Å². The van der Waals surface area contributed by atoms with E-state index >= 15 is 0 Å². The Morgan fingerprint density at radius 3 is 2.12 bits per heavy atom. The summed E-state index contributed by atoms with van der Waals surface area (Å²) < 4.78 is 0. The molecule has 0 N–H and O–H groups in total. The molecule has 0 saturated heterocycles. The molecule has 0 radical (unpaired) electrons. The molecule has 1 aliphatic rings. The first kappa shape index (κ1) is 15.7. The summed E-state index contributed by atoms with van der Waals surface area (Å²) in [6.07, 6.45) is 0. The smallest absolute Gasteiger partial charge is 0.265 e. The summed E-state index contributed by atoms with van der Waals surface area (Å²) in [5.74, 6) is -0.636. The van der Waals surface area contributed by atoms with E-state index < -0.39 is 0 Å². The second-order valence-electron chi connectivity index (χ2n) is 6.18. The molecule has 0 spiro atoms. The second-order valence-corrected chi connectivity index (χ2v) is 6.61. The van der Waals surface area contributed by atoms with E-state index in [0.29, 0.717) is 27.2 Å². The highest BCUT2D eigenvalue weighted by Crippen LogP contribution is 2.37. The van der Waals surface area contributed by atoms with Crippen molar-refractivity contribution in [2.75, 3.05) is 23.9 Å². The molecule has 0 fully saturated rings. The minimum Gasteiger partial charge on any atom is -0.377 e. The number of amides is 2. The SMILES string of the molecule is CN(C)c1ccc2c3c(cccc13)C(=O)N(c1ccc(Cl)cc1)C2=O. The Balaban J connectivity index is 1.97. The number of hydrogen-bond acceptors (Lipinski definition) is 3. The molecule has 0 aromatic heterocycles. The zero-order valence-corrected chi connectivity index (χ0v) is 14.5. The third-order valence-electron chi connectivity index (χ3n) is 4.45. The van der Waals surface area contributed by atoms with Crippen molar-refractivity contribution >= 4 is 45.6 Å². The summed E-state index contributed by atoms with van der Waals surface area (Å²) in [6, 6.07) is 16.0. The van der Waals surface area contributed by atoms with E-state index in [0.717, 1.165) is 11.1 Å². The van der Waals surface area contributed by atoms with Gasteiger partial charge in [-0.05, 0) is 42.5 Å². The Labute approximate surface area is 150 Å². The molecule has 3 aromatic rings. The van der Waals surface area contributed by atoms with Gasteiger partial charge in [-0.3, -0.25) is 9.59 Å². The molecule has 3 aromatic carbocycles. The van der Waals surface area contributed by atoms with Crippen molar-refractivity contribution < 1.29 is 9.59 Å². The lowest BCUT2D eigenvalue weighted by Crippen LogP contribution is -2.40. The van der Waals surface area contributed by atoms with Crippen LogP contribution in [0.25, 0.3) is 10.8 Å². The highest BCUT2D eigenvalue weighted by atomic mass is 35.5. The monoisotopic (exact) mass is 350 g/mol. The van der Waals surface area contributed by atoms with Gasteiger partial charge < -0.3 is 4.90 Å². The summed E-state index contributed by atoms with van der Waals surface area (Å²) in [5, 5.41) is 2.17. The summed E-state index contributed by atoms with van der Waals surface area (Å²) in [4.78, 5) is 29.3. The highest BCUT2D eigenvalue weighted by Gasteiger charge is 2.34. The number of hydrogen-bond donors (Lipinski definition) is 0. The van der Waals surface area contributed by atoms with Crippen LogP contribution in [0.2, 0.25) is 5.02 Å². The van der Waals surface area contributed by atoms with Crippen LogP contribution in [0.4, 0.5) is 11.4 Å². The molecule has 0 aliphatic carbocycles. The number of benzene rings is 3. The van der Waals surface area contributed by atoms with Crippen LogP contribution in [0, 0.1) is 0 Å². The van der Waals surface area contributed by atoms with E-state index in [1.165, 1.54) is 4.90 Å². The standard InChI is InChI=1S/C20H15ClN2O2/c1-22(2)17-11-10-16-18-14(17)4-3-5-15(18)19(24)23(20(16)25)13-8-6-12(21)7-9-13/h3-11H,1-2H3. The van der Waals surface area contributed by atoms with Gasteiger partial charge in [0.05, 0.1) is 5.69 Å². The Hall–Kier alpha value is -2.85. The Morgan fingerprint density at radius 1 is 0.840 bits per heavy atom. The molecule has 4 rings (SSSR count). The molecular weight excluding hydrogens is 336 g/mol. The van der Waals surface area contributed by atoms with Crippen LogP contribution < -0.4 is 9.80 Å². The molecule has 4 nitrogen and oxygen atoms in total. The molecule has 0 unspecified atom stereocenters. The van der Waals surface area contributed by atoms with Gasteiger partial charge >= 0.3 is 0 Å². The first-order chi connectivity index (χ1) is 12.0. The lowest BCUT2D eigenvalue weighted by Gasteiger charge is -2.28. The molecule has 5 heteroatoms. The average Bonchev–Trinajstić information content (AvgIpc) is 2.60. The second kappa shape index (κ2) is 5.60. The third kappa shape index (κ3) is 2.29. The fraction of sp³-hybridized carbons (Fsp3) is 0.100. The Kier molecular flexibility index (Phi) is 3.51. The van der Waals surface area contributed by atoms with Crippen molar-refractivity contribution in [3.8, 4) is 0 Å². The van der Waals surface area contributed by atoms with Crippen LogP contribution in [0.3, 0.4) is 0 Å². The largest absolute Gasteiger partial charge is 0.377 e. The van der Waals surface area contributed by atoms with Gasteiger partial charge in [0.25, 0.3) is 11.8 Å². The first-order valence-corrected chi connectivity index (χ1v) is 8.24. The topological polar surface area (TPSA) is 40.6 Å². The van der Waals surface area contributed by atoms with Crippen molar-refractivity contribution in [2.45, 2.75) is 0 Å². The number of carbonyl (C=O) groups is 2. The van der Waals surface area contributed by atoms with E-state index in [1.807, 2.05) is 37.2 Å². The van der Waals surface area contributed by atoms with Crippen molar-refractivity contribution in [2.24, 2.45) is 0 Å². The molecule has 0 atom stereocenters. The van der Waals surface area contributed by atoms with Gasteiger partial charge in [0.15, 0.2) is 0 Å². The molecule has 25 heavy (non-hydrogen) atoms. The zero-order valence-electron chi connectivity index (χ0n) is 13.8. The lowest BCUT2D eigenvalue weighted by molar-refractivity contribution is 0.0893. The minimum atomic E-state index is -0.318. The van der Waals surface area contributed by atoms with Crippen molar-refractivity contribution in [3.63, 3.8) is 0 Å². The normalized spacial score (nSPS) is 13.5. The van der Waals surface area contributed by atoms with Gasteiger partial charge in [-0.2, -0.15) is 0 Å². The molecule has 1 aliphatic heterocycles. The Morgan fingerprint density at radius 2 is 1.48 bits per heavy atom. The maximum absolute atomic E-state index is 13.0. The molecule has 0 saturated carbocycles. The summed E-state index contributed by atoms with van der Waals surface area (Å²) >= 11 is 5.92. The van der Waals surface area contributed by atoms with Crippen LogP contribution >= 0.6 is 11.6 Å². The zero-order chi connectivity index (χ0) is 17.7. The number of halogens is 1. The van der Waals surface area contributed by atoms with Crippen molar-refractivity contribution in [3.05, 3.63) is 70.7 Å².